The van der Waals surface area contributed by atoms with Crippen molar-refractivity contribution in [2.45, 2.75) is 46.0 Å². The summed E-state index contributed by atoms with van der Waals surface area (Å²) in [7, 11) is 0. The largest absolute Gasteiger partial charge is 0.494 e. The summed E-state index contributed by atoms with van der Waals surface area (Å²) in [6, 6.07) is 13.9. The van der Waals surface area contributed by atoms with Crippen LogP contribution in [0, 0.1) is 0 Å². The molecule has 0 bridgehead atoms. The van der Waals surface area contributed by atoms with E-state index < -0.39 is 0 Å². The molecule has 0 radical (unpaired) electrons. The van der Waals surface area contributed by atoms with Gasteiger partial charge in [-0.3, -0.25) is 0 Å². The van der Waals surface area contributed by atoms with E-state index in [0.717, 1.165) is 67.3 Å². The standard InChI is InChI=1S/C27H35N3O3.CH4/c1-2-14-29(13-1)17-5-19-31-23-9-7-22(8-10-23)27-28-25-12-11-24(21-26(25)33-27)32-20-6-18-30-15-3-4-16-30;/h7-12,21H,1-6,13-20H2;1H4. The Bertz CT molecular complexity index is 1010. The fourth-order valence-corrected chi connectivity index (χ4v) is 4.78. The Morgan fingerprint density at radius 2 is 1.29 bits per heavy atom. The van der Waals surface area contributed by atoms with Gasteiger partial charge in [0, 0.05) is 24.7 Å². The number of fused-ring (bicyclic) bond motifs is 1. The Hall–Kier alpha value is -2.57. The van der Waals surface area contributed by atoms with Crippen molar-refractivity contribution < 1.29 is 13.9 Å². The van der Waals surface area contributed by atoms with E-state index >= 15 is 0 Å². The smallest absolute Gasteiger partial charge is 0.227 e. The Balaban J connectivity index is 0.00000274. The monoisotopic (exact) mass is 465 g/mol. The van der Waals surface area contributed by atoms with Crippen molar-refractivity contribution in [2.75, 3.05) is 52.5 Å². The number of benzene rings is 2. The van der Waals surface area contributed by atoms with Gasteiger partial charge in [0.05, 0.1) is 13.2 Å². The predicted octanol–water partition coefficient (Wildman–Crippen LogP) is 5.86. The van der Waals surface area contributed by atoms with Crippen LogP contribution in [-0.2, 0) is 0 Å². The number of ether oxygens (including phenoxy) is 2. The first-order valence-corrected chi connectivity index (χ1v) is 12.5. The molecule has 0 amide bonds. The van der Waals surface area contributed by atoms with Gasteiger partial charge >= 0.3 is 0 Å². The lowest BCUT2D eigenvalue weighted by atomic mass is 10.2. The van der Waals surface area contributed by atoms with Crippen LogP contribution in [0.25, 0.3) is 22.6 Å². The normalized spacial score (nSPS) is 16.7. The van der Waals surface area contributed by atoms with Gasteiger partial charge in [-0.25, -0.2) is 4.98 Å². The van der Waals surface area contributed by atoms with Crippen molar-refractivity contribution in [3.05, 3.63) is 42.5 Å². The van der Waals surface area contributed by atoms with Crippen molar-refractivity contribution in [1.29, 1.82) is 0 Å². The molecule has 0 N–H and O–H groups in total. The molecule has 0 aliphatic carbocycles. The highest BCUT2D eigenvalue weighted by atomic mass is 16.5. The molecule has 2 aliphatic heterocycles. The van der Waals surface area contributed by atoms with E-state index in [1.807, 2.05) is 42.5 Å². The van der Waals surface area contributed by atoms with E-state index in [9.17, 15) is 0 Å². The van der Waals surface area contributed by atoms with E-state index in [-0.39, 0.29) is 7.43 Å². The topological polar surface area (TPSA) is 51.0 Å². The van der Waals surface area contributed by atoms with Crippen LogP contribution >= 0.6 is 0 Å². The van der Waals surface area contributed by atoms with Gasteiger partial charge < -0.3 is 23.7 Å². The maximum Gasteiger partial charge on any atom is 0.227 e. The fraction of sp³-hybridized carbons (Fsp3) is 0.536. The molecule has 2 aromatic carbocycles. The molecule has 1 aromatic heterocycles. The average molecular weight is 466 g/mol. The van der Waals surface area contributed by atoms with Gasteiger partial charge in [-0.15, -0.1) is 0 Å². The third kappa shape index (κ3) is 6.51. The van der Waals surface area contributed by atoms with Crippen LogP contribution in [0.1, 0.15) is 46.0 Å². The maximum atomic E-state index is 6.03. The number of nitrogens with zero attached hydrogens (tertiary/aromatic N) is 3. The molecule has 6 nitrogen and oxygen atoms in total. The molecular formula is C28H39N3O3. The van der Waals surface area contributed by atoms with E-state index in [2.05, 4.69) is 14.8 Å². The molecule has 5 rings (SSSR count). The predicted molar refractivity (Wildman–Crippen MR) is 138 cm³/mol. The minimum Gasteiger partial charge on any atom is -0.494 e. The molecule has 3 aromatic rings. The molecule has 184 valence electrons. The van der Waals surface area contributed by atoms with Crippen molar-refractivity contribution in [1.82, 2.24) is 14.8 Å². The van der Waals surface area contributed by atoms with Crippen LogP contribution in [0.2, 0.25) is 0 Å². The molecule has 2 aliphatic rings. The van der Waals surface area contributed by atoms with Crippen LogP contribution < -0.4 is 9.47 Å². The third-order valence-electron chi connectivity index (χ3n) is 6.63. The van der Waals surface area contributed by atoms with Gasteiger partial charge in [-0.2, -0.15) is 0 Å². The molecule has 3 heterocycles. The van der Waals surface area contributed by atoms with Gasteiger partial charge in [-0.1, -0.05) is 7.43 Å². The van der Waals surface area contributed by atoms with E-state index in [1.54, 1.807) is 0 Å². The lowest BCUT2D eigenvalue weighted by Gasteiger charge is -2.14. The summed E-state index contributed by atoms with van der Waals surface area (Å²) in [4.78, 5) is 9.68. The quantitative estimate of drug-likeness (QED) is 0.331. The molecule has 0 saturated carbocycles. The zero-order valence-corrected chi connectivity index (χ0v) is 19.5. The van der Waals surface area contributed by atoms with E-state index in [1.165, 1.54) is 51.9 Å². The molecule has 2 fully saturated rings. The second-order valence-corrected chi connectivity index (χ2v) is 9.17. The fourth-order valence-electron chi connectivity index (χ4n) is 4.78. The first kappa shape index (κ1) is 24.6. The minimum absolute atomic E-state index is 0. The van der Waals surface area contributed by atoms with Gasteiger partial charge in [0.1, 0.15) is 17.0 Å². The summed E-state index contributed by atoms with van der Waals surface area (Å²) >= 11 is 0. The van der Waals surface area contributed by atoms with Crippen LogP contribution in [0.5, 0.6) is 11.5 Å². The van der Waals surface area contributed by atoms with Crippen molar-refractivity contribution in [3.8, 4) is 23.0 Å². The van der Waals surface area contributed by atoms with Crippen molar-refractivity contribution in [3.63, 3.8) is 0 Å². The van der Waals surface area contributed by atoms with Gasteiger partial charge in [-0.05, 0) is 101 Å². The molecule has 0 spiro atoms. The number of oxazole rings is 1. The summed E-state index contributed by atoms with van der Waals surface area (Å²) in [6.07, 6.45) is 7.46. The third-order valence-corrected chi connectivity index (χ3v) is 6.63. The van der Waals surface area contributed by atoms with E-state index in [0.29, 0.717) is 5.89 Å². The van der Waals surface area contributed by atoms with Gasteiger partial charge in [0.15, 0.2) is 5.58 Å². The summed E-state index contributed by atoms with van der Waals surface area (Å²) in [5.41, 5.74) is 2.55. The molecule has 2 saturated heterocycles. The second kappa shape index (κ2) is 12.2. The number of likely N-dealkylation sites (tertiary alicyclic amines) is 2. The number of aromatic nitrogens is 1. The first-order valence-electron chi connectivity index (χ1n) is 12.5. The Morgan fingerprint density at radius 3 is 1.91 bits per heavy atom. The number of rotatable bonds is 11. The minimum atomic E-state index is 0. The highest BCUT2D eigenvalue weighted by Crippen LogP contribution is 2.28. The van der Waals surface area contributed by atoms with Crippen LogP contribution in [0.15, 0.2) is 46.9 Å². The first-order chi connectivity index (χ1) is 16.3. The Morgan fingerprint density at radius 1 is 0.735 bits per heavy atom. The summed E-state index contributed by atoms with van der Waals surface area (Å²) < 4.78 is 17.9. The zero-order chi connectivity index (χ0) is 22.3. The molecule has 6 heteroatoms. The van der Waals surface area contributed by atoms with Crippen LogP contribution in [0.3, 0.4) is 0 Å². The highest BCUT2D eigenvalue weighted by Gasteiger charge is 2.13. The maximum absolute atomic E-state index is 6.03. The van der Waals surface area contributed by atoms with Crippen molar-refractivity contribution >= 4 is 11.1 Å². The number of hydrogen-bond acceptors (Lipinski definition) is 6. The van der Waals surface area contributed by atoms with E-state index in [4.69, 9.17) is 13.9 Å². The molecular weight excluding hydrogens is 426 g/mol. The summed E-state index contributed by atoms with van der Waals surface area (Å²) in [6.45, 7) is 8.68. The number of hydrogen-bond donors (Lipinski definition) is 0. The molecule has 34 heavy (non-hydrogen) atoms. The van der Waals surface area contributed by atoms with Gasteiger partial charge in [0.25, 0.3) is 0 Å². The Kier molecular flexibility index (Phi) is 8.83. The lowest BCUT2D eigenvalue weighted by molar-refractivity contribution is 0.263. The second-order valence-electron chi connectivity index (χ2n) is 9.17. The SMILES string of the molecule is C.c1cc(-c2nc3ccc(OCCCN4CCCC4)cc3o2)ccc1OCCCN1CCCC1. The highest BCUT2D eigenvalue weighted by molar-refractivity contribution is 5.77. The summed E-state index contributed by atoms with van der Waals surface area (Å²) in [5, 5.41) is 0. The lowest BCUT2D eigenvalue weighted by Crippen LogP contribution is -2.21. The summed E-state index contributed by atoms with van der Waals surface area (Å²) in [5.74, 6) is 2.35. The van der Waals surface area contributed by atoms with Crippen LogP contribution in [-0.4, -0.2) is 67.3 Å². The van der Waals surface area contributed by atoms with Crippen molar-refractivity contribution in [2.24, 2.45) is 0 Å². The Labute approximate surface area is 203 Å². The molecule has 0 atom stereocenters. The van der Waals surface area contributed by atoms with Gasteiger partial charge in [0.2, 0.25) is 5.89 Å². The zero-order valence-electron chi connectivity index (χ0n) is 19.5. The average Bonchev–Trinajstić information content (AvgIpc) is 3.62. The molecule has 0 unspecified atom stereocenters. The van der Waals surface area contributed by atoms with Crippen LogP contribution in [0.4, 0.5) is 0 Å².